The number of hydrogen-bond acceptors (Lipinski definition) is 3. The van der Waals surface area contributed by atoms with Crippen LogP contribution in [0.25, 0.3) is 0 Å². The maximum absolute atomic E-state index is 11.0. The zero-order valence-electron chi connectivity index (χ0n) is 9.20. The van der Waals surface area contributed by atoms with Crippen LogP contribution < -0.4 is 5.11 Å². The van der Waals surface area contributed by atoms with Crippen LogP contribution in [0.5, 0.6) is 0 Å². The van der Waals surface area contributed by atoms with Gasteiger partial charge in [0.2, 0.25) is 0 Å². The van der Waals surface area contributed by atoms with E-state index >= 15 is 0 Å². The summed E-state index contributed by atoms with van der Waals surface area (Å²) in [6.45, 7) is 2.77. The summed E-state index contributed by atoms with van der Waals surface area (Å²) in [6.07, 6.45) is 0. The largest absolute Gasteiger partial charge is 0.544 e. The molecule has 0 bridgehead atoms. The fourth-order valence-electron chi connectivity index (χ4n) is 1.27. The number of rotatable bonds is 4. The summed E-state index contributed by atoms with van der Waals surface area (Å²) in [6, 6.07) is 0. The maximum atomic E-state index is 11.0. The van der Waals surface area contributed by atoms with Gasteiger partial charge in [-0.3, -0.25) is 4.79 Å². The van der Waals surface area contributed by atoms with Crippen LogP contribution in [0.3, 0.4) is 0 Å². The third kappa shape index (κ3) is 1.87. The van der Waals surface area contributed by atoms with E-state index in [1.54, 1.807) is 21.1 Å². The van der Waals surface area contributed by atoms with Crippen molar-refractivity contribution >= 4 is 11.9 Å². The molecule has 0 aliphatic carbocycles. The molecule has 0 rings (SSSR count). The molecule has 2 atom stereocenters. The van der Waals surface area contributed by atoms with E-state index in [0.717, 1.165) is 0 Å². The molecule has 1 N–H and O–H groups in total. The molecule has 0 saturated carbocycles. The third-order valence-corrected chi connectivity index (χ3v) is 3.02. The van der Waals surface area contributed by atoms with Gasteiger partial charge in [0.05, 0.1) is 21.1 Å². The van der Waals surface area contributed by atoms with Gasteiger partial charge in [-0.15, -0.1) is 0 Å². The van der Waals surface area contributed by atoms with Gasteiger partial charge in [-0.05, 0) is 13.8 Å². The Morgan fingerprint density at radius 1 is 1.36 bits per heavy atom. The van der Waals surface area contributed by atoms with E-state index < -0.39 is 23.4 Å². The lowest BCUT2D eigenvalue weighted by Gasteiger charge is -2.46. The minimum absolute atomic E-state index is 0.00278. The summed E-state index contributed by atoms with van der Waals surface area (Å²) in [5, 5.41) is 19.9. The standard InChI is InChI=1S/C9H17NO4/c1-6(7(11)12)9(2,8(13)14)10(3,4)5/h6H,1-5H3,(H-,11,12,13,14). The monoisotopic (exact) mass is 203 g/mol. The Bertz CT molecular complexity index is 256. The second-order valence-corrected chi connectivity index (χ2v) is 4.51. The number of nitrogens with zero attached hydrogens (tertiary/aromatic N) is 1. The summed E-state index contributed by atoms with van der Waals surface area (Å²) in [5.74, 6) is -3.49. The highest BCUT2D eigenvalue weighted by atomic mass is 16.4. The van der Waals surface area contributed by atoms with Gasteiger partial charge in [-0.1, -0.05) is 0 Å². The Morgan fingerprint density at radius 3 is 1.79 bits per heavy atom. The molecular formula is C9H17NO4. The summed E-state index contributed by atoms with van der Waals surface area (Å²) < 4.78 is 0.00278. The van der Waals surface area contributed by atoms with Gasteiger partial charge in [-0.25, -0.2) is 0 Å². The Balaban J connectivity index is 5.33. The molecule has 14 heavy (non-hydrogen) atoms. The number of quaternary nitrogens is 1. The summed E-state index contributed by atoms with van der Waals surface area (Å²) in [7, 11) is 4.90. The van der Waals surface area contributed by atoms with Crippen LogP contribution in [0.2, 0.25) is 0 Å². The molecule has 0 heterocycles. The first kappa shape index (κ1) is 12.9. The predicted molar refractivity (Wildman–Crippen MR) is 48.2 cm³/mol. The molecule has 0 amide bonds. The number of carbonyl (C=O) groups excluding carboxylic acids is 1. The van der Waals surface area contributed by atoms with Crippen molar-refractivity contribution in [1.82, 2.24) is 0 Å². The van der Waals surface area contributed by atoms with Crippen LogP contribution in [0, 0.1) is 5.92 Å². The Kier molecular flexibility index (Phi) is 3.29. The lowest BCUT2D eigenvalue weighted by atomic mass is 9.84. The van der Waals surface area contributed by atoms with E-state index in [1.807, 2.05) is 0 Å². The van der Waals surface area contributed by atoms with Gasteiger partial charge in [0.1, 0.15) is 17.4 Å². The molecule has 0 aliphatic rings. The fraction of sp³-hybridized carbons (Fsp3) is 0.778. The molecular weight excluding hydrogens is 186 g/mol. The molecule has 0 saturated heterocycles. The van der Waals surface area contributed by atoms with E-state index in [1.165, 1.54) is 13.8 Å². The first-order valence-corrected chi connectivity index (χ1v) is 4.31. The van der Waals surface area contributed by atoms with Gasteiger partial charge in [0, 0.05) is 0 Å². The molecule has 5 heteroatoms. The average Bonchev–Trinajstić information content (AvgIpc) is 1.98. The Hall–Kier alpha value is -1.10. The fourth-order valence-corrected chi connectivity index (χ4v) is 1.27. The first-order chi connectivity index (χ1) is 6.05. The van der Waals surface area contributed by atoms with Crippen LogP contribution >= 0.6 is 0 Å². The zero-order valence-corrected chi connectivity index (χ0v) is 9.20. The van der Waals surface area contributed by atoms with E-state index in [4.69, 9.17) is 5.11 Å². The quantitative estimate of drug-likeness (QED) is 0.590. The van der Waals surface area contributed by atoms with Crippen molar-refractivity contribution in [3.8, 4) is 0 Å². The van der Waals surface area contributed by atoms with Crippen LogP contribution in [0.15, 0.2) is 0 Å². The van der Waals surface area contributed by atoms with Crippen LogP contribution in [-0.4, -0.2) is 48.2 Å². The van der Waals surface area contributed by atoms with E-state index in [2.05, 4.69) is 0 Å². The van der Waals surface area contributed by atoms with E-state index in [-0.39, 0.29) is 4.48 Å². The SMILES string of the molecule is CC(C(=O)O)C(C)(C(=O)[O-])[N+](C)(C)C. The van der Waals surface area contributed by atoms with Crippen LogP contribution in [0.1, 0.15) is 13.8 Å². The summed E-state index contributed by atoms with van der Waals surface area (Å²) in [4.78, 5) is 21.8. The highest BCUT2D eigenvalue weighted by molar-refractivity contribution is 5.83. The van der Waals surface area contributed by atoms with Crippen molar-refractivity contribution < 1.29 is 24.3 Å². The number of carboxylic acid groups (broad SMARTS) is 2. The average molecular weight is 203 g/mol. The lowest BCUT2D eigenvalue weighted by molar-refractivity contribution is -0.917. The van der Waals surface area contributed by atoms with Crippen molar-refractivity contribution in [2.45, 2.75) is 19.4 Å². The number of likely N-dealkylation sites (N-methyl/N-ethyl adjacent to an activating group) is 1. The third-order valence-electron chi connectivity index (χ3n) is 3.02. The van der Waals surface area contributed by atoms with Gasteiger partial charge >= 0.3 is 5.97 Å². The molecule has 82 valence electrons. The number of carbonyl (C=O) groups is 2. The molecule has 0 aliphatic heterocycles. The maximum Gasteiger partial charge on any atom is 0.313 e. The van der Waals surface area contributed by atoms with Crippen LogP contribution in [-0.2, 0) is 9.59 Å². The molecule has 0 aromatic carbocycles. The predicted octanol–water partition coefficient (Wildman–Crippen LogP) is -1.08. The highest BCUT2D eigenvalue weighted by Crippen LogP contribution is 2.27. The topological polar surface area (TPSA) is 77.4 Å². The smallest absolute Gasteiger partial charge is 0.313 e. The van der Waals surface area contributed by atoms with Gasteiger partial charge < -0.3 is 19.5 Å². The van der Waals surface area contributed by atoms with Crippen molar-refractivity contribution in [2.24, 2.45) is 5.92 Å². The number of hydrogen-bond donors (Lipinski definition) is 1. The Morgan fingerprint density at radius 2 is 1.71 bits per heavy atom. The second-order valence-electron chi connectivity index (χ2n) is 4.51. The van der Waals surface area contributed by atoms with Crippen LogP contribution in [0.4, 0.5) is 0 Å². The van der Waals surface area contributed by atoms with Crippen molar-refractivity contribution in [3.05, 3.63) is 0 Å². The van der Waals surface area contributed by atoms with Crippen molar-refractivity contribution in [3.63, 3.8) is 0 Å². The Labute approximate surface area is 83.5 Å². The molecule has 0 aromatic rings. The number of carboxylic acids is 2. The van der Waals surface area contributed by atoms with Gasteiger partial charge in [0.15, 0.2) is 0 Å². The second kappa shape index (κ2) is 3.57. The highest BCUT2D eigenvalue weighted by Gasteiger charge is 2.48. The zero-order chi connectivity index (χ0) is 11.7. The van der Waals surface area contributed by atoms with Crippen molar-refractivity contribution in [1.29, 1.82) is 0 Å². The normalized spacial score (nSPS) is 18.4. The molecule has 0 aromatic heterocycles. The van der Waals surface area contributed by atoms with Gasteiger partial charge in [0.25, 0.3) is 0 Å². The molecule has 0 radical (unpaired) electrons. The van der Waals surface area contributed by atoms with E-state index in [9.17, 15) is 14.7 Å². The lowest BCUT2D eigenvalue weighted by Crippen LogP contribution is -2.68. The first-order valence-electron chi connectivity index (χ1n) is 4.31. The number of aliphatic carboxylic acids is 2. The van der Waals surface area contributed by atoms with Crippen molar-refractivity contribution in [2.75, 3.05) is 21.1 Å². The molecule has 5 nitrogen and oxygen atoms in total. The van der Waals surface area contributed by atoms with Gasteiger partial charge in [-0.2, -0.15) is 0 Å². The summed E-state index contributed by atoms with van der Waals surface area (Å²) in [5.41, 5.74) is -1.44. The molecule has 2 unspecified atom stereocenters. The minimum atomic E-state index is -1.44. The molecule has 0 spiro atoms. The minimum Gasteiger partial charge on any atom is -0.544 e. The molecule has 0 fully saturated rings. The van der Waals surface area contributed by atoms with E-state index in [0.29, 0.717) is 0 Å². The summed E-state index contributed by atoms with van der Waals surface area (Å²) >= 11 is 0.